The minimum atomic E-state index is -3.54. The maximum Gasteiger partial charge on any atom is 0.241 e. The average Bonchev–Trinajstić information content (AvgIpc) is 2.80. The van der Waals surface area contributed by atoms with E-state index in [2.05, 4.69) is 10.1 Å². The minimum Gasteiger partial charge on any atom is -0.338 e. The quantitative estimate of drug-likeness (QED) is 0.841. The molecule has 0 N–H and O–H groups in total. The molecule has 2 aromatic rings. The number of benzene rings is 1. The van der Waals surface area contributed by atoms with Crippen molar-refractivity contribution in [2.75, 3.05) is 0 Å². The van der Waals surface area contributed by atoms with Crippen LogP contribution >= 0.6 is 11.6 Å². The van der Waals surface area contributed by atoms with Crippen molar-refractivity contribution in [2.24, 2.45) is 0 Å². The van der Waals surface area contributed by atoms with Crippen LogP contribution in [0.25, 0.3) is 0 Å². The molecule has 1 heterocycles. The summed E-state index contributed by atoms with van der Waals surface area (Å²) in [4.78, 5) is 4.02. The van der Waals surface area contributed by atoms with Gasteiger partial charge in [-0.2, -0.15) is 4.98 Å². The molecule has 5 nitrogen and oxygen atoms in total. The summed E-state index contributed by atoms with van der Waals surface area (Å²) in [5.41, 5.74) is 0.335. The van der Waals surface area contributed by atoms with Gasteiger partial charge in [0.15, 0.2) is 15.7 Å². The Bertz CT molecular complexity index is 744. The SMILES string of the molecule is CC(C)c1noc(CS(=O)(=O)Cc2ccc(F)cc2Cl)n1. The molecular weight excluding hydrogens is 319 g/mol. The van der Waals surface area contributed by atoms with Crippen molar-refractivity contribution in [3.05, 3.63) is 46.3 Å². The summed E-state index contributed by atoms with van der Waals surface area (Å²) < 4.78 is 42.1. The lowest BCUT2D eigenvalue weighted by Gasteiger charge is -2.04. The summed E-state index contributed by atoms with van der Waals surface area (Å²) in [7, 11) is -3.54. The van der Waals surface area contributed by atoms with Gasteiger partial charge in [-0.25, -0.2) is 12.8 Å². The highest BCUT2D eigenvalue weighted by atomic mass is 35.5. The van der Waals surface area contributed by atoms with Crippen LogP contribution in [0.3, 0.4) is 0 Å². The normalized spacial score (nSPS) is 12.0. The zero-order chi connectivity index (χ0) is 15.6. The van der Waals surface area contributed by atoms with Gasteiger partial charge in [-0.3, -0.25) is 0 Å². The monoisotopic (exact) mass is 332 g/mol. The van der Waals surface area contributed by atoms with Gasteiger partial charge in [0.05, 0.1) is 5.75 Å². The number of sulfone groups is 1. The summed E-state index contributed by atoms with van der Waals surface area (Å²) >= 11 is 5.83. The standard InChI is InChI=1S/C13H14ClFN2O3S/c1-8(2)13-16-12(20-17-13)7-21(18,19)6-9-3-4-10(15)5-11(9)14/h3-5,8H,6-7H2,1-2H3. The van der Waals surface area contributed by atoms with Crippen molar-refractivity contribution in [1.29, 1.82) is 0 Å². The Hall–Kier alpha value is -1.47. The Morgan fingerprint density at radius 2 is 2.05 bits per heavy atom. The highest BCUT2D eigenvalue weighted by Gasteiger charge is 2.20. The molecule has 114 valence electrons. The number of hydrogen-bond donors (Lipinski definition) is 0. The van der Waals surface area contributed by atoms with Gasteiger partial charge < -0.3 is 4.52 Å². The molecule has 0 bridgehead atoms. The summed E-state index contributed by atoms with van der Waals surface area (Å²) in [6.45, 7) is 3.75. The van der Waals surface area contributed by atoms with E-state index in [0.29, 0.717) is 11.4 Å². The Labute approximate surface area is 127 Å². The second-order valence-corrected chi connectivity index (χ2v) is 7.44. The lowest BCUT2D eigenvalue weighted by atomic mass is 10.2. The van der Waals surface area contributed by atoms with Crippen LogP contribution in [0.5, 0.6) is 0 Å². The second kappa shape index (κ2) is 6.11. The fourth-order valence-electron chi connectivity index (χ4n) is 1.68. The predicted octanol–water partition coefficient (Wildman–Crippen LogP) is 3.10. The van der Waals surface area contributed by atoms with Crippen molar-refractivity contribution in [3.63, 3.8) is 0 Å². The summed E-state index contributed by atoms with van der Waals surface area (Å²) in [6.07, 6.45) is 0. The van der Waals surface area contributed by atoms with E-state index in [-0.39, 0.29) is 28.3 Å². The first-order chi connectivity index (χ1) is 9.77. The fourth-order valence-corrected chi connectivity index (χ4v) is 3.31. The molecule has 1 aromatic carbocycles. The number of halogens is 2. The molecule has 0 aliphatic heterocycles. The Kier molecular flexibility index (Phi) is 4.63. The second-order valence-electron chi connectivity index (χ2n) is 4.97. The average molecular weight is 333 g/mol. The van der Waals surface area contributed by atoms with Crippen LogP contribution in [-0.4, -0.2) is 18.6 Å². The molecule has 8 heteroatoms. The minimum absolute atomic E-state index is 0.0388. The topological polar surface area (TPSA) is 73.1 Å². The van der Waals surface area contributed by atoms with Crippen LogP contribution in [-0.2, 0) is 21.3 Å². The Morgan fingerprint density at radius 3 is 2.62 bits per heavy atom. The smallest absolute Gasteiger partial charge is 0.241 e. The van der Waals surface area contributed by atoms with Gasteiger partial charge in [0.2, 0.25) is 5.89 Å². The molecule has 0 aliphatic carbocycles. The lowest BCUT2D eigenvalue weighted by molar-refractivity contribution is 0.380. The van der Waals surface area contributed by atoms with Gasteiger partial charge >= 0.3 is 0 Å². The summed E-state index contributed by atoms with van der Waals surface area (Å²) in [5.74, 6) is -0.653. The van der Waals surface area contributed by atoms with E-state index in [1.54, 1.807) is 0 Å². The molecule has 21 heavy (non-hydrogen) atoms. The van der Waals surface area contributed by atoms with Gasteiger partial charge in [-0.05, 0) is 17.7 Å². The maximum atomic E-state index is 12.9. The third kappa shape index (κ3) is 4.25. The zero-order valence-corrected chi connectivity index (χ0v) is 13.1. The summed E-state index contributed by atoms with van der Waals surface area (Å²) in [5, 5.41) is 3.79. The number of nitrogens with zero attached hydrogens (tertiary/aromatic N) is 2. The number of rotatable bonds is 5. The Balaban J connectivity index is 2.14. The maximum absolute atomic E-state index is 12.9. The highest BCUT2D eigenvalue weighted by molar-refractivity contribution is 7.89. The van der Waals surface area contributed by atoms with Crippen LogP contribution in [0.1, 0.15) is 37.0 Å². The first-order valence-electron chi connectivity index (χ1n) is 6.23. The van der Waals surface area contributed by atoms with Gasteiger partial charge in [0, 0.05) is 10.9 Å². The molecule has 2 rings (SSSR count). The molecule has 0 radical (unpaired) electrons. The van der Waals surface area contributed by atoms with Gasteiger partial charge in [0.1, 0.15) is 11.6 Å². The fraction of sp³-hybridized carbons (Fsp3) is 0.385. The molecule has 0 atom stereocenters. The molecule has 1 aromatic heterocycles. The summed E-state index contributed by atoms with van der Waals surface area (Å²) in [6, 6.07) is 3.60. The lowest BCUT2D eigenvalue weighted by Crippen LogP contribution is -2.08. The molecular formula is C13H14ClFN2O3S. The van der Waals surface area contributed by atoms with Crippen molar-refractivity contribution < 1.29 is 17.3 Å². The molecule has 0 saturated heterocycles. The van der Waals surface area contributed by atoms with Crippen molar-refractivity contribution in [3.8, 4) is 0 Å². The van der Waals surface area contributed by atoms with E-state index in [0.717, 1.165) is 6.07 Å². The third-order valence-corrected chi connectivity index (χ3v) is 4.52. The Morgan fingerprint density at radius 1 is 1.33 bits per heavy atom. The van der Waals surface area contributed by atoms with E-state index in [4.69, 9.17) is 16.1 Å². The largest absolute Gasteiger partial charge is 0.338 e. The van der Waals surface area contributed by atoms with E-state index < -0.39 is 15.7 Å². The molecule has 0 fully saturated rings. The van der Waals surface area contributed by atoms with Crippen molar-refractivity contribution in [1.82, 2.24) is 10.1 Å². The molecule has 0 amide bonds. The molecule has 0 unspecified atom stereocenters. The van der Waals surface area contributed by atoms with Crippen LogP contribution in [0.2, 0.25) is 5.02 Å². The van der Waals surface area contributed by atoms with Crippen LogP contribution in [0.4, 0.5) is 4.39 Å². The van der Waals surface area contributed by atoms with Gasteiger partial charge in [-0.15, -0.1) is 0 Å². The van der Waals surface area contributed by atoms with E-state index in [9.17, 15) is 12.8 Å². The zero-order valence-electron chi connectivity index (χ0n) is 11.5. The number of hydrogen-bond acceptors (Lipinski definition) is 5. The van der Waals surface area contributed by atoms with Crippen molar-refractivity contribution >= 4 is 21.4 Å². The van der Waals surface area contributed by atoms with Gasteiger partial charge in [-0.1, -0.05) is 36.7 Å². The predicted molar refractivity (Wildman–Crippen MR) is 76.1 cm³/mol. The van der Waals surface area contributed by atoms with Crippen LogP contribution < -0.4 is 0 Å². The highest BCUT2D eigenvalue weighted by Crippen LogP contribution is 2.21. The van der Waals surface area contributed by atoms with Crippen LogP contribution in [0.15, 0.2) is 22.7 Å². The molecule has 0 aliphatic rings. The van der Waals surface area contributed by atoms with Gasteiger partial charge in [0.25, 0.3) is 0 Å². The van der Waals surface area contributed by atoms with Crippen molar-refractivity contribution in [2.45, 2.75) is 31.3 Å². The van der Waals surface area contributed by atoms with E-state index in [1.165, 1.54) is 12.1 Å². The molecule has 0 spiro atoms. The molecule has 0 saturated carbocycles. The third-order valence-electron chi connectivity index (χ3n) is 2.73. The van der Waals surface area contributed by atoms with E-state index in [1.807, 2.05) is 13.8 Å². The first kappa shape index (κ1) is 15.9. The number of aromatic nitrogens is 2. The van der Waals surface area contributed by atoms with Crippen LogP contribution in [0, 0.1) is 5.82 Å². The first-order valence-corrected chi connectivity index (χ1v) is 8.43. The van der Waals surface area contributed by atoms with E-state index >= 15 is 0 Å².